The summed E-state index contributed by atoms with van der Waals surface area (Å²) in [6.45, 7) is 6.13. The van der Waals surface area contributed by atoms with Crippen LogP contribution in [0.4, 0.5) is 0 Å². The Morgan fingerprint density at radius 3 is 2.27 bits per heavy atom. The maximum atomic E-state index is 10.2. The molecule has 1 aromatic rings. The summed E-state index contributed by atoms with van der Waals surface area (Å²) in [5.74, 6) is 1.09. The van der Waals surface area contributed by atoms with E-state index in [0.717, 1.165) is 24.2 Å². The Morgan fingerprint density at radius 2 is 1.80 bits per heavy atom. The largest absolute Gasteiger partial charge is 0.385 e. The van der Waals surface area contributed by atoms with Crippen molar-refractivity contribution in [2.75, 3.05) is 5.75 Å². The molecule has 15 heavy (non-hydrogen) atoms. The molecule has 0 bridgehead atoms. The third-order valence-electron chi connectivity index (χ3n) is 2.52. The van der Waals surface area contributed by atoms with Crippen LogP contribution in [0.2, 0.25) is 0 Å². The fourth-order valence-electron chi connectivity index (χ4n) is 1.71. The highest BCUT2D eigenvalue weighted by molar-refractivity contribution is 7.99. The van der Waals surface area contributed by atoms with Crippen molar-refractivity contribution in [3.63, 3.8) is 0 Å². The van der Waals surface area contributed by atoms with Crippen LogP contribution in [0.25, 0.3) is 0 Å². The summed E-state index contributed by atoms with van der Waals surface area (Å²) in [6, 6.07) is 8.25. The lowest BCUT2D eigenvalue weighted by Gasteiger charge is -2.23. The van der Waals surface area contributed by atoms with Crippen molar-refractivity contribution in [2.45, 2.75) is 44.1 Å². The molecular weight excluding hydrogens is 204 g/mol. The van der Waals surface area contributed by atoms with E-state index < -0.39 is 5.60 Å². The smallest absolute Gasteiger partial charge is 0.0868 e. The molecule has 0 spiro atoms. The predicted octanol–water partition coefficient (Wildman–Crippen LogP) is 3.81. The van der Waals surface area contributed by atoms with E-state index in [1.807, 2.05) is 30.8 Å². The topological polar surface area (TPSA) is 20.2 Å². The van der Waals surface area contributed by atoms with Crippen molar-refractivity contribution < 1.29 is 5.11 Å². The van der Waals surface area contributed by atoms with Crippen LogP contribution in [0.15, 0.2) is 29.2 Å². The van der Waals surface area contributed by atoms with Gasteiger partial charge in [0.05, 0.1) is 5.60 Å². The molecule has 0 saturated heterocycles. The van der Waals surface area contributed by atoms with Crippen molar-refractivity contribution >= 4 is 11.8 Å². The molecule has 0 radical (unpaired) electrons. The highest BCUT2D eigenvalue weighted by Gasteiger charge is 2.21. The van der Waals surface area contributed by atoms with E-state index in [-0.39, 0.29) is 0 Å². The standard InChI is InChI=1S/C13H20OS/c1-4-10-13(3,14)11-6-8-12(9-7-11)15-5-2/h6-9,14H,4-5,10H2,1-3H3/t13-/m0/s1. The number of hydrogen-bond acceptors (Lipinski definition) is 2. The van der Waals surface area contributed by atoms with E-state index in [2.05, 4.69) is 26.0 Å². The molecule has 0 aliphatic carbocycles. The Morgan fingerprint density at radius 1 is 1.20 bits per heavy atom. The monoisotopic (exact) mass is 224 g/mol. The molecule has 0 aliphatic heterocycles. The Kier molecular flexibility index (Phi) is 4.68. The molecule has 0 heterocycles. The van der Waals surface area contributed by atoms with E-state index in [9.17, 15) is 5.11 Å². The lowest BCUT2D eigenvalue weighted by Crippen LogP contribution is -2.20. The van der Waals surface area contributed by atoms with Gasteiger partial charge in [0.2, 0.25) is 0 Å². The quantitative estimate of drug-likeness (QED) is 0.768. The number of hydrogen-bond donors (Lipinski definition) is 1. The molecule has 0 aromatic heterocycles. The summed E-state index contributed by atoms with van der Waals surface area (Å²) in [5.41, 5.74) is 0.342. The number of rotatable bonds is 5. The molecule has 1 aromatic carbocycles. The highest BCUT2D eigenvalue weighted by Crippen LogP contribution is 2.27. The molecule has 0 unspecified atom stereocenters. The predicted molar refractivity (Wildman–Crippen MR) is 67.3 cm³/mol. The second-order valence-corrected chi connectivity index (χ2v) is 5.32. The van der Waals surface area contributed by atoms with Gasteiger partial charge in [-0.15, -0.1) is 11.8 Å². The normalized spacial score (nSPS) is 14.9. The zero-order valence-electron chi connectivity index (χ0n) is 9.79. The Balaban J connectivity index is 2.78. The van der Waals surface area contributed by atoms with Gasteiger partial charge in [0, 0.05) is 4.90 Å². The number of thioether (sulfide) groups is 1. The van der Waals surface area contributed by atoms with Gasteiger partial charge in [0.1, 0.15) is 0 Å². The fourth-order valence-corrected chi connectivity index (χ4v) is 2.37. The van der Waals surface area contributed by atoms with Crippen LogP contribution in [0.5, 0.6) is 0 Å². The molecule has 0 fully saturated rings. The van der Waals surface area contributed by atoms with Crippen molar-refractivity contribution in [3.8, 4) is 0 Å². The highest BCUT2D eigenvalue weighted by atomic mass is 32.2. The summed E-state index contributed by atoms with van der Waals surface area (Å²) >= 11 is 1.83. The molecule has 1 nitrogen and oxygen atoms in total. The molecule has 0 amide bonds. The lowest BCUT2D eigenvalue weighted by molar-refractivity contribution is 0.0469. The summed E-state index contributed by atoms with van der Waals surface area (Å²) < 4.78 is 0. The van der Waals surface area contributed by atoms with Crippen molar-refractivity contribution in [3.05, 3.63) is 29.8 Å². The Labute approximate surface area is 96.9 Å². The average molecular weight is 224 g/mol. The van der Waals surface area contributed by atoms with Crippen LogP contribution < -0.4 is 0 Å². The van der Waals surface area contributed by atoms with Gasteiger partial charge in [-0.3, -0.25) is 0 Å². The number of aliphatic hydroxyl groups is 1. The maximum absolute atomic E-state index is 10.2. The fraction of sp³-hybridized carbons (Fsp3) is 0.538. The number of benzene rings is 1. The van der Waals surface area contributed by atoms with Gasteiger partial charge in [-0.1, -0.05) is 32.4 Å². The first kappa shape index (κ1) is 12.6. The van der Waals surface area contributed by atoms with Crippen LogP contribution in [0, 0.1) is 0 Å². The first-order chi connectivity index (χ1) is 7.10. The zero-order chi connectivity index (χ0) is 11.3. The first-order valence-corrected chi connectivity index (χ1v) is 6.54. The third kappa shape index (κ3) is 3.54. The maximum Gasteiger partial charge on any atom is 0.0868 e. The minimum Gasteiger partial charge on any atom is -0.385 e. The van der Waals surface area contributed by atoms with Crippen LogP contribution in [0.3, 0.4) is 0 Å². The second-order valence-electron chi connectivity index (χ2n) is 3.98. The van der Waals surface area contributed by atoms with E-state index in [1.165, 1.54) is 4.90 Å². The van der Waals surface area contributed by atoms with Gasteiger partial charge in [-0.25, -0.2) is 0 Å². The van der Waals surface area contributed by atoms with E-state index in [4.69, 9.17) is 0 Å². The molecule has 1 rings (SSSR count). The van der Waals surface area contributed by atoms with Gasteiger partial charge in [-0.05, 0) is 36.8 Å². The second kappa shape index (κ2) is 5.57. The van der Waals surface area contributed by atoms with Crippen LogP contribution in [0.1, 0.15) is 39.2 Å². The molecule has 2 heteroatoms. The third-order valence-corrected chi connectivity index (χ3v) is 3.42. The Bertz CT molecular complexity index is 290. The van der Waals surface area contributed by atoms with Crippen molar-refractivity contribution in [2.24, 2.45) is 0 Å². The SMILES string of the molecule is CCC[C@](C)(O)c1ccc(SCC)cc1. The van der Waals surface area contributed by atoms with E-state index >= 15 is 0 Å². The molecule has 0 aliphatic rings. The van der Waals surface area contributed by atoms with Crippen molar-refractivity contribution in [1.82, 2.24) is 0 Å². The summed E-state index contributed by atoms with van der Waals surface area (Å²) in [7, 11) is 0. The zero-order valence-corrected chi connectivity index (χ0v) is 10.6. The van der Waals surface area contributed by atoms with Gasteiger partial charge < -0.3 is 5.11 Å². The molecule has 1 atom stereocenters. The van der Waals surface area contributed by atoms with Gasteiger partial charge in [-0.2, -0.15) is 0 Å². The molecule has 84 valence electrons. The first-order valence-electron chi connectivity index (χ1n) is 5.56. The molecule has 1 N–H and O–H groups in total. The van der Waals surface area contributed by atoms with Gasteiger partial charge in [0.25, 0.3) is 0 Å². The molecular formula is C13H20OS. The minimum atomic E-state index is -0.676. The van der Waals surface area contributed by atoms with Crippen LogP contribution >= 0.6 is 11.8 Å². The van der Waals surface area contributed by atoms with Gasteiger partial charge in [0.15, 0.2) is 0 Å². The van der Waals surface area contributed by atoms with Crippen LogP contribution in [-0.4, -0.2) is 10.9 Å². The van der Waals surface area contributed by atoms with Crippen LogP contribution in [-0.2, 0) is 5.60 Å². The van der Waals surface area contributed by atoms with E-state index in [1.54, 1.807) is 0 Å². The minimum absolute atomic E-state index is 0.676. The summed E-state index contributed by atoms with van der Waals surface area (Å²) in [5, 5.41) is 10.2. The van der Waals surface area contributed by atoms with Crippen molar-refractivity contribution in [1.29, 1.82) is 0 Å². The molecule has 0 saturated carbocycles. The summed E-state index contributed by atoms with van der Waals surface area (Å²) in [4.78, 5) is 1.27. The van der Waals surface area contributed by atoms with E-state index in [0.29, 0.717) is 0 Å². The average Bonchev–Trinajstić information content (AvgIpc) is 2.19. The summed E-state index contributed by atoms with van der Waals surface area (Å²) in [6.07, 6.45) is 1.81. The van der Waals surface area contributed by atoms with Gasteiger partial charge >= 0.3 is 0 Å². The Hall–Kier alpha value is -0.470. The lowest BCUT2D eigenvalue weighted by atomic mass is 9.92.